The van der Waals surface area contributed by atoms with E-state index in [0.717, 1.165) is 11.3 Å². The number of carbonyl (C=O) groups is 1. The summed E-state index contributed by atoms with van der Waals surface area (Å²) in [6, 6.07) is 0. The van der Waals surface area contributed by atoms with E-state index in [2.05, 4.69) is 11.1 Å². The molecule has 0 spiro atoms. The van der Waals surface area contributed by atoms with Crippen molar-refractivity contribution in [2.75, 3.05) is 7.05 Å². The Bertz CT molecular complexity index is 263. The van der Waals surface area contributed by atoms with Gasteiger partial charge in [-0.2, -0.15) is 6.08 Å². The van der Waals surface area contributed by atoms with Gasteiger partial charge in [-0.15, -0.1) is 17.2 Å². The van der Waals surface area contributed by atoms with E-state index in [1.807, 2.05) is 0 Å². The van der Waals surface area contributed by atoms with Crippen LogP contribution in [0.5, 0.6) is 0 Å². The largest absolute Gasteiger partial charge is 0.366 e. The molecule has 0 heterocycles. The maximum atomic E-state index is 11.2. The zero-order valence-corrected chi connectivity index (χ0v) is 10.3. The molecule has 2 nitrogen and oxygen atoms in total. The van der Waals surface area contributed by atoms with E-state index in [9.17, 15) is 4.79 Å². The van der Waals surface area contributed by atoms with E-state index in [4.69, 9.17) is 0 Å². The fourth-order valence-electron chi connectivity index (χ4n) is 0.972. The summed E-state index contributed by atoms with van der Waals surface area (Å²) in [5.74, 6) is 0.0670. The predicted octanol–water partition coefficient (Wildman–Crippen LogP) is 1.33. The summed E-state index contributed by atoms with van der Waals surface area (Å²) in [6.07, 6.45) is 4.63. The third kappa shape index (κ3) is 2.46. The number of ketones is 1. The van der Waals surface area contributed by atoms with Gasteiger partial charge in [0.25, 0.3) is 0 Å². The van der Waals surface area contributed by atoms with Gasteiger partial charge in [0.15, 0.2) is 0 Å². The molecule has 0 unspecified atom stereocenters. The smallest absolute Gasteiger partial charge is 0.0702 e. The fourth-order valence-corrected chi connectivity index (χ4v) is 0.972. The first-order valence-electron chi connectivity index (χ1n) is 3.45. The zero-order valence-electron chi connectivity index (χ0n) is 7.51. The van der Waals surface area contributed by atoms with Gasteiger partial charge in [0.2, 0.25) is 0 Å². The Balaban J connectivity index is 0.00000121. The molecule has 1 aliphatic carbocycles. The van der Waals surface area contributed by atoms with Crippen molar-refractivity contribution in [3.63, 3.8) is 0 Å². The molecule has 0 saturated heterocycles. The average molecular weight is 237 g/mol. The summed E-state index contributed by atoms with van der Waals surface area (Å²) >= 11 is 0. The zero-order chi connectivity index (χ0) is 8.43. The van der Waals surface area contributed by atoms with Crippen molar-refractivity contribution < 1.29 is 37.5 Å². The van der Waals surface area contributed by atoms with Crippen LogP contribution in [-0.2, 0) is 37.5 Å². The Kier molecular flexibility index (Phi) is 4.80. The van der Waals surface area contributed by atoms with Gasteiger partial charge >= 0.3 is 0 Å². The summed E-state index contributed by atoms with van der Waals surface area (Å²) in [6.45, 7) is 3.54. The van der Waals surface area contributed by atoms with Crippen molar-refractivity contribution in [2.45, 2.75) is 13.8 Å². The van der Waals surface area contributed by atoms with Crippen molar-refractivity contribution in [1.29, 1.82) is 0 Å². The maximum absolute atomic E-state index is 11.2. The van der Waals surface area contributed by atoms with Crippen LogP contribution in [0.3, 0.4) is 0 Å². The average Bonchev–Trinajstić information content (AvgIpc) is 1.99. The summed E-state index contributed by atoms with van der Waals surface area (Å²) in [5.41, 5.74) is 2.13. The molecule has 0 aliphatic heterocycles. The molecular weight excluding hydrogens is 227 g/mol. The summed E-state index contributed by atoms with van der Waals surface area (Å²) in [7, 11) is 1.69. The quantitative estimate of drug-likeness (QED) is 0.461. The Morgan fingerprint density at radius 1 is 1.42 bits per heavy atom. The van der Waals surface area contributed by atoms with Crippen molar-refractivity contribution in [3.8, 4) is 0 Å². The standard InChI is InChI=1S/C9H10NO.Y/c1-6-4-8(10-3)5-7(2)9(6)11;/h4H,1-3H3;/q-1;. The number of nitrogens with zero attached hydrogens (tertiary/aromatic N) is 1. The Morgan fingerprint density at radius 3 is 2.42 bits per heavy atom. The van der Waals surface area contributed by atoms with Gasteiger partial charge in [0.05, 0.1) is 5.78 Å². The van der Waals surface area contributed by atoms with Crippen molar-refractivity contribution in [2.24, 2.45) is 4.99 Å². The predicted molar refractivity (Wildman–Crippen MR) is 44.6 cm³/mol. The molecule has 1 radical (unpaired) electrons. The summed E-state index contributed by atoms with van der Waals surface area (Å²) < 4.78 is 0. The van der Waals surface area contributed by atoms with E-state index < -0.39 is 0 Å². The van der Waals surface area contributed by atoms with Gasteiger partial charge < -0.3 is 9.79 Å². The molecule has 0 fully saturated rings. The van der Waals surface area contributed by atoms with Crippen LogP contribution < -0.4 is 0 Å². The normalized spacial score (nSPS) is 19.9. The van der Waals surface area contributed by atoms with E-state index in [0.29, 0.717) is 5.57 Å². The van der Waals surface area contributed by atoms with E-state index in [-0.39, 0.29) is 38.5 Å². The third-order valence-electron chi connectivity index (χ3n) is 1.61. The van der Waals surface area contributed by atoms with Crippen LogP contribution in [0.15, 0.2) is 22.2 Å². The molecule has 61 valence electrons. The third-order valence-corrected chi connectivity index (χ3v) is 1.61. The first-order chi connectivity index (χ1) is 5.15. The molecule has 12 heavy (non-hydrogen) atoms. The minimum atomic E-state index is 0. The number of rotatable bonds is 0. The Labute approximate surface area is 97.7 Å². The van der Waals surface area contributed by atoms with Gasteiger partial charge in [-0.25, -0.2) is 0 Å². The van der Waals surface area contributed by atoms with Gasteiger partial charge in [-0.05, 0) is 0 Å². The first kappa shape index (κ1) is 11.9. The van der Waals surface area contributed by atoms with Crippen molar-refractivity contribution >= 4 is 11.5 Å². The molecule has 1 aliphatic rings. The van der Waals surface area contributed by atoms with E-state index in [1.165, 1.54) is 0 Å². The summed E-state index contributed by atoms with van der Waals surface area (Å²) in [5, 5.41) is 0. The van der Waals surface area contributed by atoms with Crippen molar-refractivity contribution in [3.05, 3.63) is 23.3 Å². The van der Waals surface area contributed by atoms with Gasteiger partial charge in [-0.3, -0.25) is 0 Å². The Hall–Kier alpha value is -0.0761. The minimum Gasteiger partial charge on any atom is -0.366 e. The van der Waals surface area contributed by atoms with Crippen LogP contribution in [0.2, 0.25) is 0 Å². The molecule has 3 heteroatoms. The number of hydrogen-bond donors (Lipinski definition) is 0. The number of carbonyl (C=O) groups excluding carboxylic acids is 1. The van der Waals surface area contributed by atoms with Crippen LogP contribution in [0, 0.1) is 6.08 Å². The van der Waals surface area contributed by atoms with E-state index in [1.54, 1.807) is 27.0 Å². The molecule has 1 rings (SSSR count). The van der Waals surface area contributed by atoms with Gasteiger partial charge in [0, 0.05) is 39.8 Å². The molecule has 0 bridgehead atoms. The molecule has 0 saturated carbocycles. The SMILES string of the molecule is CN=C1[C-]=C(C)C(=O)C(C)=C1.[Y]. The van der Waals surface area contributed by atoms with Gasteiger partial charge in [0.1, 0.15) is 0 Å². The molecule has 0 aromatic carbocycles. The number of allylic oxidation sites excluding steroid dienone is 4. The van der Waals surface area contributed by atoms with Crippen LogP contribution in [0.1, 0.15) is 13.8 Å². The van der Waals surface area contributed by atoms with Gasteiger partial charge in [-0.1, -0.05) is 19.6 Å². The first-order valence-corrected chi connectivity index (χ1v) is 3.45. The molecule has 0 atom stereocenters. The maximum Gasteiger partial charge on any atom is 0.0702 e. The molecular formula is C9H10NOY-. The number of aliphatic imine (C=N–C) groups is 1. The summed E-state index contributed by atoms with van der Waals surface area (Å²) in [4.78, 5) is 15.1. The molecule has 0 amide bonds. The van der Waals surface area contributed by atoms with Crippen LogP contribution in [0.25, 0.3) is 0 Å². The Morgan fingerprint density at radius 2 is 2.00 bits per heavy atom. The molecule has 0 aromatic rings. The van der Waals surface area contributed by atoms with Crippen LogP contribution in [-0.4, -0.2) is 18.5 Å². The topological polar surface area (TPSA) is 29.4 Å². The second-order valence-electron chi connectivity index (χ2n) is 2.52. The van der Waals surface area contributed by atoms with Crippen LogP contribution >= 0.6 is 0 Å². The van der Waals surface area contributed by atoms with Crippen molar-refractivity contribution in [1.82, 2.24) is 0 Å². The monoisotopic (exact) mass is 237 g/mol. The molecule has 0 N–H and O–H groups in total. The fraction of sp³-hybridized carbons (Fsp3) is 0.333. The number of Topliss-reactive ketones (excluding diaryl/α,β-unsaturated/α-hetero) is 1. The molecule has 0 aromatic heterocycles. The van der Waals surface area contributed by atoms with Crippen LogP contribution in [0.4, 0.5) is 0 Å². The number of hydrogen-bond acceptors (Lipinski definition) is 2. The second-order valence-corrected chi connectivity index (χ2v) is 2.52. The second kappa shape index (κ2) is 4.83. The minimum absolute atomic E-state index is 0. The van der Waals surface area contributed by atoms with E-state index >= 15 is 0 Å².